The lowest BCUT2D eigenvalue weighted by Gasteiger charge is -2.15. The summed E-state index contributed by atoms with van der Waals surface area (Å²) in [6.45, 7) is 4.37. The molecule has 1 aliphatic heterocycles. The molecule has 0 aliphatic carbocycles. The molecule has 1 N–H and O–H groups in total. The van der Waals surface area contributed by atoms with E-state index in [1.807, 2.05) is 36.1 Å². The van der Waals surface area contributed by atoms with Crippen LogP contribution in [0.5, 0.6) is 0 Å². The van der Waals surface area contributed by atoms with Crippen molar-refractivity contribution in [2.75, 3.05) is 11.4 Å². The van der Waals surface area contributed by atoms with Crippen molar-refractivity contribution in [3.05, 3.63) is 53.6 Å². The second-order valence-electron chi connectivity index (χ2n) is 6.59. The molecule has 4 nitrogen and oxygen atoms in total. The van der Waals surface area contributed by atoms with Gasteiger partial charge in [-0.2, -0.15) is 0 Å². The number of amides is 1. The van der Waals surface area contributed by atoms with Crippen molar-refractivity contribution < 1.29 is 14.7 Å². The van der Waals surface area contributed by atoms with Crippen molar-refractivity contribution in [3.8, 4) is 11.1 Å². The summed E-state index contributed by atoms with van der Waals surface area (Å²) >= 11 is 0. The van der Waals surface area contributed by atoms with Crippen molar-refractivity contribution in [1.29, 1.82) is 0 Å². The second kappa shape index (κ2) is 7.09. The van der Waals surface area contributed by atoms with Crippen LogP contribution in [0.25, 0.3) is 11.1 Å². The summed E-state index contributed by atoms with van der Waals surface area (Å²) in [6, 6.07) is 14.4. The first-order chi connectivity index (χ1) is 12.0. The summed E-state index contributed by atoms with van der Waals surface area (Å²) in [5.41, 5.74) is 5.52. The van der Waals surface area contributed by atoms with Crippen LogP contribution in [0, 0.1) is 0 Å². The minimum Gasteiger partial charge on any atom is -0.481 e. The van der Waals surface area contributed by atoms with Gasteiger partial charge >= 0.3 is 5.97 Å². The molecule has 0 saturated heterocycles. The highest BCUT2D eigenvalue weighted by atomic mass is 16.4. The van der Waals surface area contributed by atoms with E-state index in [9.17, 15) is 9.59 Å². The van der Waals surface area contributed by atoms with Crippen LogP contribution >= 0.6 is 0 Å². The van der Waals surface area contributed by atoms with Gasteiger partial charge in [0.1, 0.15) is 0 Å². The van der Waals surface area contributed by atoms with Crippen LogP contribution in [0.2, 0.25) is 0 Å². The van der Waals surface area contributed by atoms with Crippen molar-refractivity contribution in [1.82, 2.24) is 0 Å². The molecule has 2 aromatic carbocycles. The molecule has 0 spiro atoms. The topological polar surface area (TPSA) is 57.6 Å². The number of anilines is 1. The normalized spacial score (nSPS) is 14.2. The van der Waals surface area contributed by atoms with Gasteiger partial charge in [-0.05, 0) is 53.1 Å². The van der Waals surface area contributed by atoms with Crippen molar-refractivity contribution in [2.24, 2.45) is 0 Å². The average molecular weight is 337 g/mol. The van der Waals surface area contributed by atoms with Gasteiger partial charge in [-0.1, -0.05) is 37.3 Å². The monoisotopic (exact) mass is 337 g/mol. The zero-order valence-electron chi connectivity index (χ0n) is 14.7. The lowest BCUT2D eigenvalue weighted by molar-refractivity contribution is -0.137. The number of carboxylic acid groups (broad SMARTS) is 1. The maximum Gasteiger partial charge on any atom is 0.303 e. The van der Waals surface area contributed by atoms with E-state index in [4.69, 9.17) is 5.11 Å². The van der Waals surface area contributed by atoms with Crippen LogP contribution in [0.4, 0.5) is 5.69 Å². The molecule has 1 atom stereocenters. The van der Waals surface area contributed by atoms with E-state index in [2.05, 4.69) is 18.2 Å². The molecule has 130 valence electrons. The molecule has 0 aromatic heterocycles. The van der Waals surface area contributed by atoms with Gasteiger partial charge in [-0.15, -0.1) is 0 Å². The summed E-state index contributed by atoms with van der Waals surface area (Å²) < 4.78 is 0. The maximum absolute atomic E-state index is 11.7. The first-order valence-electron chi connectivity index (χ1n) is 8.72. The molecule has 0 saturated carbocycles. The zero-order chi connectivity index (χ0) is 18.0. The predicted molar refractivity (Wildman–Crippen MR) is 98.9 cm³/mol. The van der Waals surface area contributed by atoms with E-state index in [1.54, 1.807) is 6.92 Å². The third-order valence-electron chi connectivity index (χ3n) is 4.98. The molecule has 1 aliphatic rings. The first kappa shape index (κ1) is 17.2. The van der Waals surface area contributed by atoms with Gasteiger partial charge in [-0.3, -0.25) is 9.59 Å². The zero-order valence-corrected chi connectivity index (χ0v) is 14.7. The number of hydrogen-bond donors (Lipinski definition) is 1. The number of carbonyl (C=O) groups is 2. The molecule has 4 heteroatoms. The highest BCUT2D eigenvalue weighted by molar-refractivity contribution is 5.94. The maximum atomic E-state index is 11.7. The number of carboxylic acids is 1. The predicted octanol–water partition coefficient (Wildman–Crippen LogP) is 4.23. The number of rotatable bonds is 5. The summed E-state index contributed by atoms with van der Waals surface area (Å²) in [5.74, 6) is -0.625. The third-order valence-corrected chi connectivity index (χ3v) is 4.98. The number of hydrogen-bond acceptors (Lipinski definition) is 2. The fourth-order valence-corrected chi connectivity index (χ4v) is 3.56. The number of aliphatic carboxylic acids is 1. The molecule has 3 rings (SSSR count). The van der Waals surface area contributed by atoms with E-state index in [1.165, 1.54) is 5.56 Å². The average Bonchev–Trinajstić information content (AvgIpc) is 3.03. The Morgan fingerprint density at radius 2 is 1.80 bits per heavy atom. The smallest absolute Gasteiger partial charge is 0.303 e. The quantitative estimate of drug-likeness (QED) is 0.888. The van der Waals surface area contributed by atoms with Crippen molar-refractivity contribution >= 4 is 17.6 Å². The van der Waals surface area contributed by atoms with E-state index in [-0.39, 0.29) is 18.2 Å². The highest BCUT2D eigenvalue weighted by Crippen LogP contribution is 2.33. The fourth-order valence-electron chi connectivity index (χ4n) is 3.56. The van der Waals surface area contributed by atoms with Crippen LogP contribution in [-0.4, -0.2) is 23.5 Å². The van der Waals surface area contributed by atoms with Crippen molar-refractivity contribution in [3.63, 3.8) is 0 Å². The van der Waals surface area contributed by atoms with Gasteiger partial charge in [0.15, 0.2) is 0 Å². The Balaban J connectivity index is 1.84. The van der Waals surface area contributed by atoms with Gasteiger partial charge < -0.3 is 10.0 Å². The van der Waals surface area contributed by atoms with Gasteiger partial charge in [0.2, 0.25) is 5.91 Å². The van der Waals surface area contributed by atoms with Gasteiger partial charge in [0.25, 0.3) is 0 Å². The number of benzene rings is 2. The molecule has 2 aromatic rings. The third kappa shape index (κ3) is 3.58. The van der Waals surface area contributed by atoms with E-state index in [0.717, 1.165) is 41.8 Å². The van der Waals surface area contributed by atoms with E-state index in [0.29, 0.717) is 0 Å². The number of fused-ring (bicyclic) bond motifs is 1. The lowest BCUT2D eigenvalue weighted by atomic mass is 9.91. The Bertz CT molecular complexity index is 795. The molecular weight excluding hydrogens is 314 g/mol. The second-order valence-corrected chi connectivity index (χ2v) is 6.59. The standard InChI is InChI=1S/C21H23NO3/c1-3-15(13-21(24)25)16-4-6-17(7-5-16)18-8-9-20-19(12-18)10-11-22(20)14(2)23/h4-9,12,15H,3,10-11,13H2,1-2H3,(H,24,25). The van der Waals surface area contributed by atoms with Gasteiger partial charge in [-0.25, -0.2) is 0 Å². The van der Waals surface area contributed by atoms with Gasteiger partial charge in [0.05, 0.1) is 6.42 Å². The van der Waals surface area contributed by atoms with Crippen LogP contribution in [-0.2, 0) is 16.0 Å². The largest absolute Gasteiger partial charge is 0.481 e. The highest BCUT2D eigenvalue weighted by Gasteiger charge is 2.22. The van der Waals surface area contributed by atoms with Crippen LogP contribution in [0.3, 0.4) is 0 Å². The molecule has 1 amide bonds. The molecule has 0 bridgehead atoms. The van der Waals surface area contributed by atoms with Crippen LogP contribution in [0.15, 0.2) is 42.5 Å². The summed E-state index contributed by atoms with van der Waals surface area (Å²) in [6.07, 6.45) is 1.86. The summed E-state index contributed by atoms with van der Waals surface area (Å²) in [5, 5.41) is 9.03. The molecule has 25 heavy (non-hydrogen) atoms. The van der Waals surface area contributed by atoms with Crippen LogP contribution < -0.4 is 4.90 Å². The Labute approximate surface area is 148 Å². The fraction of sp³-hybridized carbons (Fsp3) is 0.333. The molecule has 0 fully saturated rings. The Hall–Kier alpha value is -2.62. The number of carbonyl (C=O) groups excluding carboxylic acids is 1. The summed E-state index contributed by atoms with van der Waals surface area (Å²) in [7, 11) is 0. The SMILES string of the molecule is CCC(CC(=O)O)c1ccc(-c2ccc3c(c2)CCN3C(C)=O)cc1. The number of nitrogens with zero attached hydrogens (tertiary/aromatic N) is 1. The van der Waals surface area contributed by atoms with Gasteiger partial charge in [0, 0.05) is 19.2 Å². The van der Waals surface area contributed by atoms with Crippen molar-refractivity contribution in [2.45, 2.75) is 39.0 Å². The molecule has 1 heterocycles. The van der Waals surface area contributed by atoms with Crippen LogP contribution in [0.1, 0.15) is 43.7 Å². The minimum atomic E-state index is -0.760. The Kier molecular flexibility index (Phi) is 4.88. The first-order valence-corrected chi connectivity index (χ1v) is 8.72. The molecule has 1 unspecified atom stereocenters. The molecular formula is C21H23NO3. The van der Waals surface area contributed by atoms with E-state index < -0.39 is 5.97 Å². The minimum absolute atomic E-state index is 0.0516. The molecule has 0 radical (unpaired) electrons. The van der Waals surface area contributed by atoms with E-state index >= 15 is 0 Å². The Morgan fingerprint density at radius 1 is 1.12 bits per heavy atom. The summed E-state index contributed by atoms with van der Waals surface area (Å²) in [4.78, 5) is 24.5. The Morgan fingerprint density at radius 3 is 2.40 bits per heavy atom. The lowest BCUT2D eigenvalue weighted by Crippen LogP contribution is -2.25.